The van der Waals surface area contributed by atoms with E-state index < -0.39 is 0 Å². The normalized spacial score (nSPS) is 18.5. The van der Waals surface area contributed by atoms with Gasteiger partial charge < -0.3 is 4.90 Å². The van der Waals surface area contributed by atoms with Gasteiger partial charge in [0.25, 0.3) is 11.5 Å². The zero-order chi connectivity index (χ0) is 23.8. The molecule has 0 N–H and O–H groups in total. The molecule has 0 atom stereocenters. The van der Waals surface area contributed by atoms with Crippen LogP contribution < -0.4 is 10.5 Å². The Morgan fingerprint density at radius 2 is 1.85 bits per heavy atom. The van der Waals surface area contributed by atoms with Crippen molar-refractivity contribution in [1.29, 1.82) is 0 Å². The Balaban J connectivity index is 1.57. The SMILES string of the molecule is Cc1ccc2nc(N3CCC(C)CC3)c(/C=C3\SC(=S)N(Cc4ccccc4)C3=O)c(=O)n2c1. The first kappa shape index (κ1) is 22.8. The Kier molecular flexibility index (Phi) is 6.27. The summed E-state index contributed by atoms with van der Waals surface area (Å²) in [5.41, 5.74) is 2.86. The Bertz CT molecular complexity index is 1360. The van der Waals surface area contributed by atoms with Gasteiger partial charge in [-0.1, -0.05) is 67.3 Å². The lowest BCUT2D eigenvalue weighted by Crippen LogP contribution is -2.36. The molecule has 0 saturated carbocycles. The van der Waals surface area contributed by atoms with Crippen LogP contribution in [0.5, 0.6) is 0 Å². The van der Waals surface area contributed by atoms with Crippen LogP contribution in [-0.2, 0) is 11.3 Å². The van der Waals surface area contributed by atoms with E-state index in [0.717, 1.165) is 37.1 Å². The summed E-state index contributed by atoms with van der Waals surface area (Å²) in [4.78, 5) is 36.0. The molecular formula is C26H26N4O2S2. The first-order chi connectivity index (χ1) is 16.4. The Labute approximate surface area is 208 Å². The highest BCUT2D eigenvalue weighted by atomic mass is 32.2. The first-order valence-electron chi connectivity index (χ1n) is 11.5. The summed E-state index contributed by atoms with van der Waals surface area (Å²) >= 11 is 6.77. The lowest BCUT2D eigenvalue weighted by Gasteiger charge is -2.32. The van der Waals surface area contributed by atoms with Gasteiger partial charge in [0.1, 0.15) is 15.8 Å². The highest BCUT2D eigenvalue weighted by Crippen LogP contribution is 2.35. The number of rotatable bonds is 4. The van der Waals surface area contributed by atoms with Gasteiger partial charge in [0.15, 0.2) is 0 Å². The molecule has 2 aliphatic rings. The molecule has 8 heteroatoms. The van der Waals surface area contributed by atoms with Crippen LogP contribution >= 0.6 is 24.0 Å². The number of benzene rings is 1. The number of fused-ring (bicyclic) bond motifs is 1. The minimum atomic E-state index is -0.175. The molecule has 174 valence electrons. The number of aryl methyl sites for hydroxylation is 1. The molecule has 0 unspecified atom stereocenters. The second-order valence-electron chi connectivity index (χ2n) is 9.01. The van der Waals surface area contributed by atoms with Gasteiger partial charge in [-0.25, -0.2) is 4.98 Å². The zero-order valence-corrected chi connectivity index (χ0v) is 20.9. The Morgan fingerprint density at radius 3 is 2.59 bits per heavy atom. The zero-order valence-electron chi connectivity index (χ0n) is 19.2. The van der Waals surface area contributed by atoms with Gasteiger partial charge in [-0.05, 0) is 49.0 Å². The topological polar surface area (TPSA) is 57.9 Å². The van der Waals surface area contributed by atoms with Crippen LogP contribution in [0.4, 0.5) is 5.82 Å². The van der Waals surface area contributed by atoms with E-state index in [4.69, 9.17) is 17.2 Å². The number of thiocarbonyl (C=S) groups is 1. The van der Waals surface area contributed by atoms with Gasteiger partial charge >= 0.3 is 0 Å². The molecule has 0 aliphatic carbocycles. The van der Waals surface area contributed by atoms with Crippen molar-refractivity contribution in [2.24, 2.45) is 5.92 Å². The van der Waals surface area contributed by atoms with E-state index in [1.54, 1.807) is 21.6 Å². The summed E-state index contributed by atoms with van der Waals surface area (Å²) in [6.45, 7) is 6.28. The number of nitrogens with zero attached hydrogens (tertiary/aromatic N) is 4. The Hall–Kier alpha value is -2.97. The standard InChI is InChI=1S/C26H26N4O2S2/c1-17-10-12-28(13-11-17)23-20(24(31)29-15-18(2)8-9-22(29)27-23)14-21-25(32)30(26(33)34-21)16-19-6-4-3-5-7-19/h3-9,14-15,17H,10-13,16H2,1-2H3/b21-14-. The first-order valence-corrected chi connectivity index (χ1v) is 12.7. The van der Waals surface area contributed by atoms with E-state index in [9.17, 15) is 9.59 Å². The molecule has 0 radical (unpaired) electrons. The van der Waals surface area contributed by atoms with E-state index in [2.05, 4.69) is 11.8 Å². The van der Waals surface area contributed by atoms with Crippen molar-refractivity contribution < 1.29 is 4.79 Å². The number of hydrogen-bond acceptors (Lipinski definition) is 6. The Morgan fingerprint density at radius 1 is 1.12 bits per heavy atom. The largest absolute Gasteiger partial charge is 0.356 e. The third-order valence-corrected chi connectivity index (χ3v) is 7.78. The van der Waals surface area contributed by atoms with Crippen molar-refractivity contribution in [2.45, 2.75) is 33.2 Å². The summed E-state index contributed by atoms with van der Waals surface area (Å²) in [7, 11) is 0. The predicted molar refractivity (Wildman–Crippen MR) is 142 cm³/mol. The molecule has 4 heterocycles. The number of amides is 1. The molecule has 2 saturated heterocycles. The maximum Gasteiger partial charge on any atom is 0.267 e. The van der Waals surface area contributed by atoms with Gasteiger partial charge in [0, 0.05) is 19.3 Å². The van der Waals surface area contributed by atoms with Gasteiger partial charge in [-0.3, -0.25) is 18.9 Å². The molecule has 1 aromatic carbocycles. The fraction of sp³-hybridized carbons (Fsp3) is 0.308. The van der Waals surface area contributed by atoms with E-state index in [1.807, 2.05) is 49.4 Å². The van der Waals surface area contributed by atoms with E-state index >= 15 is 0 Å². The van der Waals surface area contributed by atoms with Crippen LogP contribution in [-0.4, -0.2) is 37.6 Å². The number of aromatic nitrogens is 2. The van der Waals surface area contributed by atoms with Crippen LogP contribution in [0.1, 0.15) is 36.5 Å². The van der Waals surface area contributed by atoms with Crippen molar-refractivity contribution in [2.75, 3.05) is 18.0 Å². The monoisotopic (exact) mass is 490 g/mol. The third-order valence-electron chi connectivity index (χ3n) is 6.40. The fourth-order valence-corrected chi connectivity index (χ4v) is 5.61. The molecule has 5 rings (SSSR count). The molecule has 2 aromatic heterocycles. The second kappa shape index (κ2) is 9.35. The number of pyridine rings is 1. The second-order valence-corrected chi connectivity index (χ2v) is 10.7. The van der Waals surface area contributed by atoms with Crippen molar-refractivity contribution in [3.05, 3.63) is 80.6 Å². The molecule has 2 fully saturated rings. The summed E-state index contributed by atoms with van der Waals surface area (Å²) < 4.78 is 2.07. The average molecular weight is 491 g/mol. The maximum atomic E-state index is 13.6. The van der Waals surface area contributed by atoms with Gasteiger partial charge in [0.05, 0.1) is 17.0 Å². The average Bonchev–Trinajstić information content (AvgIpc) is 3.10. The summed E-state index contributed by atoms with van der Waals surface area (Å²) in [5, 5.41) is 0. The van der Waals surface area contributed by atoms with Crippen LogP contribution in [0.15, 0.2) is 58.4 Å². The quantitative estimate of drug-likeness (QED) is 0.392. The van der Waals surface area contributed by atoms with Crippen molar-refractivity contribution >= 4 is 51.7 Å². The van der Waals surface area contributed by atoms with Crippen LogP contribution in [0.2, 0.25) is 0 Å². The highest BCUT2D eigenvalue weighted by molar-refractivity contribution is 8.26. The van der Waals surface area contributed by atoms with Gasteiger partial charge in [-0.15, -0.1) is 0 Å². The molecule has 0 bridgehead atoms. The van der Waals surface area contributed by atoms with E-state index in [1.165, 1.54) is 11.8 Å². The van der Waals surface area contributed by atoms with Crippen LogP contribution in [0, 0.1) is 12.8 Å². The third kappa shape index (κ3) is 4.40. The summed E-state index contributed by atoms with van der Waals surface area (Å²) in [6, 6.07) is 13.6. The summed E-state index contributed by atoms with van der Waals surface area (Å²) in [6.07, 6.45) is 5.59. The van der Waals surface area contributed by atoms with Gasteiger partial charge in [0.2, 0.25) is 0 Å². The minimum absolute atomic E-state index is 0.171. The smallest absolute Gasteiger partial charge is 0.267 e. The fourth-order valence-electron chi connectivity index (χ4n) is 4.37. The molecule has 0 spiro atoms. The van der Waals surface area contributed by atoms with Crippen molar-refractivity contribution in [1.82, 2.24) is 14.3 Å². The highest BCUT2D eigenvalue weighted by Gasteiger charge is 2.33. The molecule has 1 amide bonds. The molecular weight excluding hydrogens is 464 g/mol. The van der Waals surface area contributed by atoms with E-state index in [0.29, 0.717) is 38.7 Å². The van der Waals surface area contributed by atoms with E-state index in [-0.39, 0.29) is 11.5 Å². The van der Waals surface area contributed by atoms with Gasteiger partial charge in [-0.2, -0.15) is 0 Å². The van der Waals surface area contributed by atoms with Crippen LogP contribution in [0.25, 0.3) is 11.7 Å². The minimum Gasteiger partial charge on any atom is -0.356 e. The maximum absolute atomic E-state index is 13.6. The lowest BCUT2D eigenvalue weighted by molar-refractivity contribution is -0.122. The molecule has 3 aromatic rings. The van der Waals surface area contributed by atoms with Crippen LogP contribution in [0.3, 0.4) is 0 Å². The number of anilines is 1. The van der Waals surface area contributed by atoms with Crippen molar-refractivity contribution in [3.63, 3.8) is 0 Å². The number of thioether (sulfide) groups is 1. The van der Waals surface area contributed by atoms with Crippen molar-refractivity contribution in [3.8, 4) is 0 Å². The number of hydrogen-bond donors (Lipinski definition) is 0. The molecule has 34 heavy (non-hydrogen) atoms. The molecule has 6 nitrogen and oxygen atoms in total. The number of carbonyl (C=O) groups is 1. The molecule has 2 aliphatic heterocycles. The predicted octanol–water partition coefficient (Wildman–Crippen LogP) is 4.64. The number of piperidine rings is 1. The summed E-state index contributed by atoms with van der Waals surface area (Å²) in [5.74, 6) is 1.12. The lowest BCUT2D eigenvalue weighted by atomic mass is 9.99. The number of carbonyl (C=O) groups excluding carboxylic acids is 1.